The zero-order valence-corrected chi connectivity index (χ0v) is 19.9. The maximum Gasteiger partial charge on any atom is 0.338 e. The number of aryl methyl sites for hydroxylation is 1. The van der Waals surface area contributed by atoms with E-state index < -0.39 is 18.4 Å². The normalized spacial score (nSPS) is 13.1. The molecule has 9 heteroatoms. The Hall–Kier alpha value is -3.46. The maximum atomic E-state index is 12.9. The molecule has 8 nitrogen and oxygen atoms in total. The van der Waals surface area contributed by atoms with Gasteiger partial charge < -0.3 is 10.1 Å². The number of aromatic nitrogens is 2. The molecule has 1 amide bonds. The van der Waals surface area contributed by atoms with E-state index in [4.69, 9.17) is 4.74 Å². The highest BCUT2D eigenvalue weighted by Crippen LogP contribution is 2.27. The first-order chi connectivity index (χ1) is 16.4. The van der Waals surface area contributed by atoms with E-state index in [1.807, 2.05) is 6.26 Å². The zero-order chi connectivity index (χ0) is 24.2. The van der Waals surface area contributed by atoms with Crippen LogP contribution in [0.25, 0.3) is 10.9 Å². The molecular formula is C25H25N3O5S. The molecule has 0 saturated carbocycles. The van der Waals surface area contributed by atoms with E-state index in [-0.39, 0.29) is 17.0 Å². The zero-order valence-electron chi connectivity index (χ0n) is 19.1. The van der Waals surface area contributed by atoms with Crippen molar-refractivity contribution in [2.45, 2.75) is 44.0 Å². The molecule has 1 N–H and O–H groups in total. The SMILES string of the molecule is CSc1ccc(C(=O)COC(=O)c2ccc3c(=O)n4c(nc3c2)CCCCC4)cc1NC(C)=O. The van der Waals surface area contributed by atoms with Crippen molar-refractivity contribution in [2.24, 2.45) is 0 Å². The number of thioether (sulfide) groups is 1. The standard InChI is InChI=1S/C25H25N3O5S/c1-15(29)26-20-12-16(8-10-22(20)34-2)21(30)14-33-25(32)17-7-9-18-19(13-17)27-23-6-4-3-5-11-28(23)24(18)31/h7-10,12-13H,3-6,11,14H2,1-2H3,(H,26,29). The number of anilines is 1. The van der Waals surface area contributed by atoms with Crippen molar-refractivity contribution in [1.82, 2.24) is 9.55 Å². The van der Waals surface area contributed by atoms with Gasteiger partial charge in [0.05, 0.1) is 22.2 Å². The van der Waals surface area contributed by atoms with Gasteiger partial charge >= 0.3 is 5.97 Å². The van der Waals surface area contributed by atoms with Gasteiger partial charge in [0.15, 0.2) is 12.4 Å². The molecule has 1 aromatic heterocycles. The van der Waals surface area contributed by atoms with Gasteiger partial charge in [0.1, 0.15) is 5.82 Å². The summed E-state index contributed by atoms with van der Waals surface area (Å²) >= 11 is 1.44. The summed E-state index contributed by atoms with van der Waals surface area (Å²) in [6.45, 7) is 1.60. The third-order valence-corrected chi connectivity index (χ3v) is 6.51. The van der Waals surface area contributed by atoms with Crippen LogP contribution in [0.2, 0.25) is 0 Å². The molecule has 0 aliphatic carbocycles. The molecule has 1 aliphatic rings. The highest BCUT2D eigenvalue weighted by atomic mass is 32.2. The van der Waals surface area contributed by atoms with Crippen molar-refractivity contribution in [2.75, 3.05) is 18.2 Å². The minimum absolute atomic E-state index is 0.0966. The number of ketones is 1. The number of nitrogens with zero attached hydrogens (tertiary/aromatic N) is 2. The van der Waals surface area contributed by atoms with Gasteiger partial charge in [0.2, 0.25) is 5.91 Å². The van der Waals surface area contributed by atoms with Crippen LogP contribution in [0.5, 0.6) is 0 Å². The van der Waals surface area contributed by atoms with E-state index in [0.717, 1.165) is 36.4 Å². The van der Waals surface area contributed by atoms with Crippen molar-refractivity contribution in [1.29, 1.82) is 0 Å². The Morgan fingerprint density at radius 3 is 2.65 bits per heavy atom. The van der Waals surface area contributed by atoms with E-state index in [1.54, 1.807) is 28.8 Å². The monoisotopic (exact) mass is 479 g/mol. The van der Waals surface area contributed by atoms with Gasteiger partial charge in [-0.25, -0.2) is 9.78 Å². The Kier molecular flexibility index (Phi) is 7.12. The topological polar surface area (TPSA) is 107 Å². The number of hydrogen-bond donors (Lipinski definition) is 1. The second-order valence-electron chi connectivity index (χ2n) is 8.12. The first kappa shape index (κ1) is 23.7. The summed E-state index contributed by atoms with van der Waals surface area (Å²) in [4.78, 5) is 55.0. The molecule has 0 unspecified atom stereocenters. The molecule has 0 bridgehead atoms. The van der Waals surface area contributed by atoms with E-state index >= 15 is 0 Å². The van der Waals surface area contributed by atoms with Gasteiger partial charge in [0.25, 0.3) is 5.56 Å². The van der Waals surface area contributed by atoms with Crippen LogP contribution in [0.3, 0.4) is 0 Å². The van der Waals surface area contributed by atoms with E-state index in [9.17, 15) is 19.2 Å². The predicted molar refractivity (Wildman–Crippen MR) is 131 cm³/mol. The second kappa shape index (κ2) is 10.2. The van der Waals surface area contributed by atoms with Crippen molar-refractivity contribution in [3.63, 3.8) is 0 Å². The number of amides is 1. The van der Waals surface area contributed by atoms with E-state index in [2.05, 4.69) is 10.3 Å². The van der Waals surface area contributed by atoms with Crippen LogP contribution in [0.15, 0.2) is 46.1 Å². The number of ether oxygens (including phenoxy) is 1. The number of esters is 1. The lowest BCUT2D eigenvalue weighted by atomic mass is 10.1. The summed E-state index contributed by atoms with van der Waals surface area (Å²) < 4.78 is 6.97. The molecule has 3 aromatic rings. The number of nitrogens with one attached hydrogen (secondary N) is 1. The number of hydrogen-bond acceptors (Lipinski definition) is 7. The molecule has 0 atom stereocenters. The van der Waals surface area contributed by atoms with Gasteiger partial charge in [0, 0.05) is 30.3 Å². The molecule has 0 fully saturated rings. The summed E-state index contributed by atoms with van der Waals surface area (Å²) in [5, 5.41) is 3.16. The smallest absolute Gasteiger partial charge is 0.338 e. The number of carbonyl (C=O) groups excluding carboxylic acids is 3. The molecule has 176 valence electrons. The minimum atomic E-state index is -0.671. The lowest BCUT2D eigenvalue weighted by Gasteiger charge is -2.11. The van der Waals surface area contributed by atoms with Crippen LogP contribution < -0.4 is 10.9 Å². The average molecular weight is 480 g/mol. The molecular weight excluding hydrogens is 454 g/mol. The highest BCUT2D eigenvalue weighted by molar-refractivity contribution is 7.98. The van der Waals surface area contributed by atoms with Crippen LogP contribution in [0.1, 0.15) is 52.7 Å². The fraction of sp³-hybridized carbons (Fsp3) is 0.320. The largest absolute Gasteiger partial charge is 0.454 e. The molecule has 34 heavy (non-hydrogen) atoms. The summed E-state index contributed by atoms with van der Waals surface area (Å²) in [5.74, 6) is -0.572. The minimum Gasteiger partial charge on any atom is -0.454 e. The van der Waals surface area contributed by atoms with Crippen LogP contribution in [0.4, 0.5) is 5.69 Å². The van der Waals surface area contributed by atoms with Crippen LogP contribution in [0, 0.1) is 0 Å². The van der Waals surface area contributed by atoms with E-state index in [0.29, 0.717) is 28.7 Å². The van der Waals surface area contributed by atoms with Gasteiger partial charge in [-0.1, -0.05) is 12.5 Å². The Labute approximate surface area is 200 Å². The number of Topliss-reactive ketones (excluding diaryl/α,β-unsaturated/α-hetero) is 1. The van der Waals surface area contributed by atoms with E-state index in [1.165, 1.54) is 30.8 Å². The van der Waals surface area contributed by atoms with Crippen molar-refractivity contribution in [3.8, 4) is 0 Å². The van der Waals surface area contributed by atoms with Gasteiger partial charge in [-0.15, -0.1) is 11.8 Å². The summed E-state index contributed by atoms with van der Waals surface area (Å²) in [6.07, 6.45) is 5.57. The fourth-order valence-electron chi connectivity index (χ4n) is 4.01. The number of carbonyl (C=O) groups is 3. The average Bonchev–Trinajstić information content (AvgIpc) is 3.07. The quantitative estimate of drug-likeness (QED) is 0.325. The molecule has 0 radical (unpaired) electrons. The Bertz CT molecular complexity index is 1350. The summed E-state index contributed by atoms with van der Waals surface area (Å²) in [6, 6.07) is 9.58. The molecule has 0 spiro atoms. The lowest BCUT2D eigenvalue weighted by molar-refractivity contribution is -0.114. The molecule has 2 heterocycles. The Balaban J connectivity index is 1.50. The number of rotatable bonds is 6. The lowest BCUT2D eigenvalue weighted by Crippen LogP contribution is -2.24. The molecule has 4 rings (SSSR count). The highest BCUT2D eigenvalue weighted by Gasteiger charge is 2.17. The van der Waals surface area contributed by atoms with Gasteiger partial charge in [-0.05, 0) is 49.4 Å². The first-order valence-corrected chi connectivity index (χ1v) is 12.3. The first-order valence-electron chi connectivity index (χ1n) is 11.1. The molecule has 0 saturated heterocycles. The Morgan fingerprint density at radius 1 is 1.09 bits per heavy atom. The van der Waals surface area contributed by atoms with Crippen molar-refractivity contribution < 1.29 is 19.1 Å². The second-order valence-corrected chi connectivity index (χ2v) is 8.97. The van der Waals surface area contributed by atoms with Crippen LogP contribution in [-0.2, 0) is 22.5 Å². The number of benzene rings is 2. The van der Waals surface area contributed by atoms with Crippen molar-refractivity contribution >= 4 is 46.0 Å². The summed E-state index contributed by atoms with van der Waals surface area (Å²) in [5.41, 5.74) is 1.43. The van der Waals surface area contributed by atoms with Gasteiger partial charge in [-0.2, -0.15) is 0 Å². The third kappa shape index (κ3) is 5.04. The van der Waals surface area contributed by atoms with Crippen molar-refractivity contribution in [3.05, 3.63) is 63.7 Å². The van der Waals surface area contributed by atoms with Crippen LogP contribution in [-0.4, -0.2) is 40.1 Å². The maximum absolute atomic E-state index is 12.9. The van der Waals surface area contributed by atoms with Crippen LogP contribution >= 0.6 is 11.8 Å². The fourth-order valence-corrected chi connectivity index (χ4v) is 4.55. The summed E-state index contributed by atoms with van der Waals surface area (Å²) in [7, 11) is 0. The molecule has 2 aromatic carbocycles. The number of fused-ring (bicyclic) bond motifs is 2. The van der Waals surface area contributed by atoms with Gasteiger partial charge in [-0.3, -0.25) is 19.0 Å². The Morgan fingerprint density at radius 2 is 1.88 bits per heavy atom. The predicted octanol–water partition coefficient (Wildman–Crippen LogP) is 3.84. The third-order valence-electron chi connectivity index (χ3n) is 5.72. The molecule has 1 aliphatic heterocycles.